The number of aliphatic imine (C=N–C) groups is 1. The highest BCUT2D eigenvalue weighted by Crippen LogP contribution is 2.56. The Kier molecular flexibility index (Phi) is 4.91. The molecule has 0 radical (unpaired) electrons. The molecule has 166 valence electrons. The number of aryl methyl sites for hydroxylation is 2. The zero-order valence-electron chi connectivity index (χ0n) is 18.7. The van der Waals surface area contributed by atoms with Crippen molar-refractivity contribution in [2.75, 3.05) is 25.2 Å². The first-order valence-electron chi connectivity index (χ1n) is 10.8. The van der Waals surface area contributed by atoms with Crippen LogP contribution in [-0.2, 0) is 0 Å². The summed E-state index contributed by atoms with van der Waals surface area (Å²) in [6, 6.07) is 10.3. The average Bonchev–Trinajstić information content (AvgIpc) is 3.53. The minimum atomic E-state index is -0.602. The number of benzene rings is 1. The molecule has 3 unspecified atom stereocenters. The lowest BCUT2D eigenvalue weighted by molar-refractivity contribution is 0.253. The van der Waals surface area contributed by atoms with Crippen molar-refractivity contribution in [2.24, 2.45) is 10.9 Å². The molecule has 0 N–H and O–H groups in total. The van der Waals surface area contributed by atoms with E-state index in [4.69, 9.17) is 9.73 Å². The number of halogens is 1. The number of aromatic nitrogens is 5. The standard InChI is InChI=1S/C23H26FN7O/c1-14-26-15(2)31(29-14)21-12-19(27-22(28-21)32-10-9-24)16-11-17(16)23(3)13-25-18-7-5-6-8-20(18)30(23)4/h5-8,12-13,16-17H,9-11H2,1-4H3. The Morgan fingerprint density at radius 1 is 1.19 bits per heavy atom. The largest absolute Gasteiger partial charge is 0.461 e. The summed E-state index contributed by atoms with van der Waals surface area (Å²) in [6.07, 6.45) is 3.01. The van der Waals surface area contributed by atoms with Crippen molar-refractivity contribution in [3.05, 3.63) is 47.7 Å². The molecule has 3 heterocycles. The molecular formula is C23H26FN7O. The molecule has 0 saturated heterocycles. The summed E-state index contributed by atoms with van der Waals surface area (Å²) in [5.41, 5.74) is 2.72. The van der Waals surface area contributed by atoms with Gasteiger partial charge in [0.1, 0.15) is 24.9 Å². The second-order valence-corrected chi connectivity index (χ2v) is 8.57. The predicted molar refractivity (Wildman–Crippen MR) is 120 cm³/mol. The van der Waals surface area contributed by atoms with Crippen molar-refractivity contribution < 1.29 is 9.13 Å². The van der Waals surface area contributed by atoms with Crippen molar-refractivity contribution in [2.45, 2.75) is 38.6 Å². The van der Waals surface area contributed by atoms with E-state index < -0.39 is 6.67 Å². The quantitative estimate of drug-likeness (QED) is 0.587. The third-order valence-corrected chi connectivity index (χ3v) is 6.46. The Hall–Kier alpha value is -3.36. The van der Waals surface area contributed by atoms with Crippen molar-refractivity contribution >= 4 is 17.6 Å². The summed E-state index contributed by atoms with van der Waals surface area (Å²) in [5.74, 6) is 2.48. The number of hydrogen-bond donors (Lipinski definition) is 0. The van der Waals surface area contributed by atoms with Gasteiger partial charge in [0.05, 0.1) is 22.6 Å². The molecule has 1 aromatic carbocycles. The van der Waals surface area contributed by atoms with Crippen LogP contribution in [-0.4, -0.2) is 56.8 Å². The van der Waals surface area contributed by atoms with Gasteiger partial charge >= 0.3 is 6.01 Å². The monoisotopic (exact) mass is 435 g/mol. The molecule has 1 aliphatic carbocycles. The van der Waals surface area contributed by atoms with Crippen LogP contribution >= 0.6 is 0 Å². The Bertz CT molecular complexity index is 1190. The van der Waals surface area contributed by atoms with Crippen molar-refractivity contribution in [3.8, 4) is 11.8 Å². The number of ether oxygens (including phenoxy) is 1. The Morgan fingerprint density at radius 2 is 2.00 bits per heavy atom. The van der Waals surface area contributed by atoms with Gasteiger partial charge in [0.15, 0.2) is 5.82 Å². The molecule has 8 nitrogen and oxygen atoms in total. The lowest BCUT2D eigenvalue weighted by Crippen LogP contribution is -2.49. The molecule has 5 rings (SSSR count). The van der Waals surface area contributed by atoms with E-state index in [9.17, 15) is 4.39 Å². The Balaban J connectivity index is 1.48. The van der Waals surface area contributed by atoms with E-state index in [0.29, 0.717) is 17.6 Å². The van der Waals surface area contributed by atoms with Crippen LogP contribution in [0.4, 0.5) is 15.8 Å². The molecule has 9 heteroatoms. The topological polar surface area (TPSA) is 81.3 Å². The SMILES string of the molecule is Cc1nc(C)n(-c2cc(C3CC3C3(C)C=Nc4ccccc4N3C)nc(OCCF)n2)n1. The molecule has 0 amide bonds. The first-order chi connectivity index (χ1) is 15.4. The van der Waals surface area contributed by atoms with Gasteiger partial charge in [0.25, 0.3) is 0 Å². The average molecular weight is 436 g/mol. The van der Waals surface area contributed by atoms with Gasteiger partial charge in [-0.3, -0.25) is 4.99 Å². The maximum absolute atomic E-state index is 12.7. The van der Waals surface area contributed by atoms with Crippen molar-refractivity contribution in [1.29, 1.82) is 0 Å². The first-order valence-corrected chi connectivity index (χ1v) is 10.8. The van der Waals surface area contributed by atoms with Crippen LogP contribution < -0.4 is 9.64 Å². The molecule has 3 aromatic rings. The van der Waals surface area contributed by atoms with Gasteiger partial charge < -0.3 is 9.64 Å². The lowest BCUT2D eigenvalue weighted by Gasteiger charge is -2.41. The van der Waals surface area contributed by atoms with Gasteiger partial charge in [0, 0.05) is 25.2 Å². The molecule has 1 saturated carbocycles. The van der Waals surface area contributed by atoms with Crippen LogP contribution in [0.3, 0.4) is 0 Å². The van der Waals surface area contributed by atoms with Crippen LogP contribution in [0.5, 0.6) is 6.01 Å². The van der Waals surface area contributed by atoms with Crippen molar-refractivity contribution in [1.82, 2.24) is 24.7 Å². The fourth-order valence-corrected chi connectivity index (χ4v) is 4.58. The van der Waals surface area contributed by atoms with E-state index in [0.717, 1.165) is 29.3 Å². The van der Waals surface area contributed by atoms with Gasteiger partial charge in [-0.2, -0.15) is 14.6 Å². The number of anilines is 1. The molecule has 32 heavy (non-hydrogen) atoms. The molecule has 1 aliphatic heterocycles. The molecule has 0 spiro atoms. The zero-order valence-corrected chi connectivity index (χ0v) is 18.7. The fraction of sp³-hybridized carbons (Fsp3) is 0.435. The van der Waals surface area contributed by atoms with Gasteiger partial charge in [-0.25, -0.2) is 9.37 Å². The summed E-state index contributed by atoms with van der Waals surface area (Å²) in [4.78, 5) is 20.5. The fourth-order valence-electron chi connectivity index (χ4n) is 4.58. The van der Waals surface area contributed by atoms with Crippen LogP contribution in [0.2, 0.25) is 0 Å². The molecule has 2 aromatic heterocycles. The third kappa shape index (κ3) is 3.41. The molecule has 1 fully saturated rings. The van der Waals surface area contributed by atoms with Gasteiger partial charge in [0.2, 0.25) is 0 Å². The van der Waals surface area contributed by atoms with Crippen LogP contribution in [0.15, 0.2) is 35.3 Å². The molecule has 3 atom stereocenters. The number of alkyl halides is 1. The van der Waals surface area contributed by atoms with E-state index in [1.807, 2.05) is 44.3 Å². The van der Waals surface area contributed by atoms with E-state index in [1.165, 1.54) is 0 Å². The number of hydrogen-bond acceptors (Lipinski definition) is 7. The van der Waals surface area contributed by atoms with E-state index >= 15 is 0 Å². The lowest BCUT2D eigenvalue weighted by atomic mass is 9.90. The normalized spacial score (nSPS) is 23.8. The summed E-state index contributed by atoms with van der Waals surface area (Å²) < 4.78 is 19.9. The van der Waals surface area contributed by atoms with Crippen LogP contribution in [0.25, 0.3) is 5.82 Å². The number of rotatable bonds is 6. The summed E-state index contributed by atoms with van der Waals surface area (Å²) in [6.45, 7) is 5.23. The van der Waals surface area contributed by atoms with Crippen LogP contribution in [0.1, 0.15) is 36.6 Å². The van der Waals surface area contributed by atoms with Crippen LogP contribution in [0, 0.1) is 19.8 Å². The summed E-state index contributed by atoms with van der Waals surface area (Å²) in [7, 11) is 2.11. The second-order valence-electron chi connectivity index (χ2n) is 8.57. The van der Waals surface area contributed by atoms with Gasteiger partial charge in [-0.15, -0.1) is 5.10 Å². The first kappa shape index (κ1) is 20.5. The number of fused-ring (bicyclic) bond motifs is 1. The summed E-state index contributed by atoms with van der Waals surface area (Å²) in [5, 5.41) is 4.44. The smallest absolute Gasteiger partial charge is 0.318 e. The van der Waals surface area contributed by atoms with Gasteiger partial charge in [-0.1, -0.05) is 12.1 Å². The highest BCUT2D eigenvalue weighted by Gasteiger charge is 2.54. The number of para-hydroxylation sites is 2. The Labute approximate surface area is 186 Å². The maximum Gasteiger partial charge on any atom is 0.318 e. The highest BCUT2D eigenvalue weighted by atomic mass is 19.1. The van der Waals surface area contributed by atoms with Gasteiger partial charge in [-0.05, 0) is 45.2 Å². The zero-order chi connectivity index (χ0) is 22.5. The second kappa shape index (κ2) is 7.65. The molecular weight excluding hydrogens is 409 g/mol. The maximum atomic E-state index is 12.7. The van der Waals surface area contributed by atoms with E-state index in [1.54, 1.807) is 4.68 Å². The molecule has 2 aliphatic rings. The van der Waals surface area contributed by atoms with E-state index in [2.05, 4.69) is 45.0 Å². The number of nitrogens with zero attached hydrogens (tertiary/aromatic N) is 7. The minimum Gasteiger partial charge on any atom is -0.461 e. The Morgan fingerprint density at radius 3 is 2.75 bits per heavy atom. The van der Waals surface area contributed by atoms with E-state index in [-0.39, 0.29) is 24.1 Å². The predicted octanol–water partition coefficient (Wildman–Crippen LogP) is 3.74. The summed E-state index contributed by atoms with van der Waals surface area (Å²) >= 11 is 0. The third-order valence-electron chi connectivity index (χ3n) is 6.46. The minimum absolute atomic E-state index is 0.0871. The molecule has 0 bridgehead atoms. The highest BCUT2D eigenvalue weighted by molar-refractivity contribution is 5.88. The van der Waals surface area contributed by atoms with Crippen molar-refractivity contribution in [3.63, 3.8) is 0 Å².